The Morgan fingerprint density at radius 1 is 1.20 bits per heavy atom. The summed E-state index contributed by atoms with van der Waals surface area (Å²) in [6, 6.07) is 0. The van der Waals surface area contributed by atoms with E-state index < -0.39 is 12.5 Å². The summed E-state index contributed by atoms with van der Waals surface area (Å²) in [7, 11) is 1.83. The molecular formula is C7H18NO2+. The van der Waals surface area contributed by atoms with Crippen molar-refractivity contribution in [2.24, 2.45) is 0 Å². The number of aliphatic hydroxyl groups is 2. The van der Waals surface area contributed by atoms with Gasteiger partial charge in [-0.2, -0.15) is 0 Å². The molecule has 0 aromatic rings. The molecule has 0 aromatic carbocycles. The van der Waals surface area contributed by atoms with Crippen LogP contribution in [-0.4, -0.2) is 40.7 Å². The Morgan fingerprint density at radius 3 is 1.50 bits per heavy atom. The van der Waals surface area contributed by atoms with Gasteiger partial charge in [0.2, 0.25) is 0 Å². The number of hydrogen-bond acceptors (Lipinski definition) is 2. The van der Waals surface area contributed by atoms with Crippen molar-refractivity contribution in [1.82, 2.24) is 0 Å². The lowest BCUT2D eigenvalue weighted by Crippen LogP contribution is -2.56. The van der Waals surface area contributed by atoms with Crippen molar-refractivity contribution in [2.75, 3.05) is 13.6 Å². The second kappa shape index (κ2) is 3.32. The van der Waals surface area contributed by atoms with Gasteiger partial charge in [0.1, 0.15) is 0 Å². The van der Waals surface area contributed by atoms with Gasteiger partial charge in [-0.05, 0) is 6.92 Å². The van der Waals surface area contributed by atoms with Crippen molar-refractivity contribution in [1.29, 1.82) is 0 Å². The second-order valence-electron chi connectivity index (χ2n) is 2.93. The number of nitrogens with zero attached hydrogens (tertiary/aromatic N) is 1. The van der Waals surface area contributed by atoms with Crippen molar-refractivity contribution >= 4 is 0 Å². The van der Waals surface area contributed by atoms with Crippen LogP contribution in [0.4, 0.5) is 0 Å². The van der Waals surface area contributed by atoms with Gasteiger partial charge >= 0.3 is 0 Å². The third-order valence-corrected chi connectivity index (χ3v) is 2.39. The zero-order chi connectivity index (χ0) is 8.36. The van der Waals surface area contributed by atoms with Gasteiger partial charge in [0, 0.05) is 13.8 Å². The highest BCUT2D eigenvalue weighted by Crippen LogP contribution is 2.11. The molecular weight excluding hydrogens is 130 g/mol. The molecule has 0 aliphatic rings. The molecule has 0 spiro atoms. The van der Waals surface area contributed by atoms with E-state index in [4.69, 9.17) is 0 Å². The first kappa shape index (κ1) is 9.88. The van der Waals surface area contributed by atoms with Crippen LogP contribution in [0.3, 0.4) is 0 Å². The fourth-order valence-electron chi connectivity index (χ4n) is 0.841. The maximum Gasteiger partial charge on any atom is 0.189 e. The standard InChI is InChI=1S/C7H18NO2/c1-5-8(4,6(2)9)7(3)10/h6-7,9-10H,5H2,1-4H3/q+1. The fourth-order valence-corrected chi connectivity index (χ4v) is 0.841. The van der Waals surface area contributed by atoms with Crippen molar-refractivity contribution in [3.63, 3.8) is 0 Å². The first-order valence-electron chi connectivity index (χ1n) is 3.66. The van der Waals surface area contributed by atoms with Crippen LogP contribution in [0.15, 0.2) is 0 Å². The van der Waals surface area contributed by atoms with Gasteiger partial charge < -0.3 is 10.2 Å². The highest BCUT2D eigenvalue weighted by atomic mass is 16.3. The van der Waals surface area contributed by atoms with E-state index in [2.05, 4.69) is 0 Å². The Hall–Kier alpha value is -0.120. The van der Waals surface area contributed by atoms with Gasteiger partial charge in [-0.1, -0.05) is 0 Å². The molecule has 0 bridgehead atoms. The molecule has 10 heavy (non-hydrogen) atoms. The molecule has 0 radical (unpaired) electrons. The van der Waals surface area contributed by atoms with Gasteiger partial charge in [0.05, 0.1) is 13.6 Å². The number of hydrogen-bond donors (Lipinski definition) is 2. The maximum absolute atomic E-state index is 9.25. The zero-order valence-corrected chi connectivity index (χ0v) is 7.20. The monoisotopic (exact) mass is 148 g/mol. The molecule has 3 heteroatoms. The Balaban J connectivity index is 4.23. The summed E-state index contributed by atoms with van der Waals surface area (Å²) in [6.45, 7) is 6.06. The average molecular weight is 148 g/mol. The van der Waals surface area contributed by atoms with Crippen LogP contribution in [0.5, 0.6) is 0 Å². The van der Waals surface area contributed by atoms with Crippen LogP contribution < -0.4 is 0 Å². The van der Waals surface area contributed by atoms with Gasteiger partial charge in [0.25, 0.3) is 0 Å². The van der Waals surface area contributed by atoms with Crippen molar-refractivity contribution in [2.45, 2.75) is 33.2 Å². The lowest BCUT2D eigenvalue weighted by Gasteiger charge is -2.38. The van der Waals surface area contributed by atoms with Gasteiger partial charge in [-0.25, -0.2) is 0 Å². The highest BCUT2D eigenvalue weighted by Gasteiger charge is 2.30. The second-order valence-corrected chi connectivity index (χ2v) is 2.93. The van der Waals surface area contributed by atoms with E-state index in [-0.39, 0.29) is 0 Å². The number of aliphatic hydroxyl groups excluding tert-OH is 2. The van der Waals surface area contributed by atoms with E-state index in [0.29, 0.717) is 4.48 Å². The van der Waals surface area contributed by atoms with Gasteiger partial charge in [-0.15, -0.1) is 0 Å². The van der Waals surface area contributed by atoms with Crippen molar-refractivity contribution in [3.8, 4) is 0 Å². The summed E-state index contributed by atoms with van der Waals surface area (Å²) in [6.07, 6.45) is -1.02. The van der Waals surface area contributed by atoms with Gasteiger partial charge in [-0.3, -0.25) is 4.48 Å². The Morgan fingerprint density at radius 2 is 1.50 bits per heavy atom. The first-order chi connectivity index (χ1) is 4.45. The van der Waals surface area contributed by atoms with Crippen LogP contribution >= 0.6 is 0 Å². The average Bonchev–Trinajstić information content (AvgIpc) is 1.85. The lowest BCUT2D eigenvalue weighted by atomic mass is 10.3. The molecule has 0 rings (SSSR count). The van der Waals surface area contributed by atoms with Crippen LogP contribution in [-0.2, 0) is 0 Å². The van der Waals surface area contributed by atoms with Crippen molar-refractivity contribution < 1.29 is 14.7 Å². The smallest absolute Gasteiger partial charge is 0.189 e. The normalized spacial score (nSPS) is 23.4. The topological polar surface area (TPSA) is 40.5 Å². The lowest BCUT2D eigenvalue weighted by molar-refractivity contribution is -0.989. The third kappa shape index (κ3) is 1.68. The fraction of sp³-hybridized carbons (Fsp3) is 1.00. The van der Waals surface area contributed by atoms with E-state index in [1.807, 2.05) is 14.0 Å². The molecule has 0 aliphatic carbocycles. The van der Waals surface area contributed by atoms with Crippen LogP contribution in [0, 0.1) is 0 Å². The quantitative estimate of drug-likeness (QED) is 0.441. The molecule has 0 aromatic heterocycles. The maximum atomic E-state index is 9.25. The van der Waals surface area contributed by atoms with E-state index in [9.17, 15) is 10.2 Å². The molecule has 2 unspecified atom stereocenters. The minimum absolute atomic E-state index is 0.292. The molecule has 0 heterocycles. The van der Waals surface area contributed by atoms with E-state index >= 15 is 0 Å². The largest absolute Gasteiger partial charge is 0.345 e. The molecule has 2 N–H and O–H groups in total. The van der Waals surface area contributed by atoms with Crippen LogP contribution in [0.25, 0.3) is 0 Å². The summed E-state index contributed by atoms with van der Waals surface area (Å²) in [5.74, 6) is 0. The van der Waals surface area contributed by atoms with E-state index in [1.54, 1.807) is 13.8 Å². The summed E-state index contributed by atoms with van der Waals surface area (Å²) in [4.78, 5) is 0. The van der Waals surface area contributed by atoms with Crippen molar-refractivity contribution in [3.05, 3.63) is 0 Å². The Labute approximate surface area is 62.5 Å². The summed E-state index contributed by atoms with van der Waals surface area (Å²) >= 11 is 0. The first-order valence-corrected chi connectivity index (χ1v) is 3.66. The highest BCUT2D eigenvalue weighted by molar-refractivity contribution is 4.36. The summed E-state index contributed by atoms with van der Waals surface area (Å²) < 4.78 is 0.292. The summed E-state index contributed by atoms with van der Waals surface area (Å²) in [5.41, 5.74) is 0. The number of rotatable bonds is 3. The molecule has 0 fully saturated rings. The third-order valence-electron chi connectivity index (χ3n) is 2.39. The van der Waals surface area contributed by atoms with E-state index in [1.165, 1.54) is 0 Å². The predicted molar refractivity (Wildman–Crippen MR) is 40.1 cm³/mol. The molecule has 0 saturated heterocycles. The van der Waals surface area contributed by atoms with E-state index in [0.717, 1.165) is 6.54 Å². The molecule has 0 amide bonds. The molecule has 2 atom stereocenters. The predicted octanol–water partition coefficient (Wildman–Crippen LogP) is 0.129. The van der Waals surface area contributed by atoms with Gasteiger partial charge in [0.15, 0.2) is 12.5 Å². The molecule has 62 valence electrons. The molecule has 0 aliphatic heterocycles. The van der Waals surface area contributed by atoms with Crippen LogP contribution in [0.1, 0.15) is 20.8 Å². The minimum atomic E-state index is -0.509. The molecule has 3 nitrogen and oxygen atoms in total. The zero-order valence-electron chi connectivity index (χ0n) is 7.20. The summed E-state index contributed by atoms with van der Waals surface area (Å²) in [5, 5.41) is 18.5. The minimum Gasteiger partial charge on any atom is -0.345 e. The van der Waals surface area contributed by atoms with Crippen LogP contribution in [0.2, 0.25) is 0 Å². The Bertz CT molecular complexity index is 93.8. The number of quaternary nitrogens is 1. The molecule has 0 saturated carbocycles. The Kier molecular flexibility index (Phi) is 3.28. The SMILES string of the molecule is CC[N+](C)(C(C)O)C(C)O.